The fourth-order valence-corrected chi connectivity index (χ4v) is 4.64. The zero-order valence-electron chi connectivity index (χ0n) is 17.3. The average molecular weight is 430 g/mol. The van der Waals surface area contributed by atoms with Gasteiger partial charge in [0.2, 0.25) is 17.7 Å². The molecular weight excluding hydrogens is 408 g/mol. The molecule has 0 unspecified atom stereocenters. The van der Waals surface area contributed by atoms with Gasteiger partial charge in [-0.3, -0.25) is 24.1 Å². The van der Waals surface area contributed by atoms with Crippen LogP contribution in [0, 0.1) is 17.8 Å². The van der Waals surface area contributed by atoms with Crippen molar-refractivity contribution in [1.82, 2.24) is 0 Å². The first-order valence-corrected chi connectivity index (χ1v) is 10.7. The summed E-state index contributed by atoms with van der Waals surface area (Å²) in [5.41, 5.74) is 1.23. The number of ether oxygens (including phenoxy) is 1. The zero-order chi connectivity index (χ0) is 22.2. The van der Waals surface area contributed by atoms with Crippen molar-refractivity contribution in [2.24, 2.45) is 17.8 Å². The van der Waals surface area contributed by atoms with Crippen molar-refractivity contribution >= 4 is 35.1 Å². The van der Waals surface area contributed by atoms with Crippen LogP contribution in [0.5, 0.6) is 5.75 Å². The van der Waals surface area contributed by atoms with Gasteiger partial charge >= 0.3 is 5.97 Å². The minimum Gasteiger partial charge on any atom is -0.426 e. The Hall–Kier alpha value is -3.74. The first kappa shape index (κ1) is 20.2. The van der Waals surface area contributed by atoms with Gasteiger partial charge in [0.25, 0.3) is 0 Å². The third-order valence-electron chi connectivity index (χ3n) is 6.35. The summed E-state index contributed by atoms with van der Waals surface area (Å²) < 4.78 is 5.48. The molecule has 0 N–H and O–H groups in total. The van der Waals surface area contributed by atoms with E-state index in [0.29, 0.717) is 24.3 Å². The van der Waals surface area contributed by atoms with E-state index in [1.54, 1.807) is 29.2 Å². The van der Waals surface area contributed by atoms with Crippen LogP contribution in [0.1, 0.15) is 19.3 Å². The van der Waals surface area contributed by atoms with E-state index in [1.165, 1.54) is 4.90 Å². The monoisotopic (exact) mass is 430 g/mol. The minimum atomic E-state index is -0.556. The molecule has 162 valence electrons. The molecule has 2 fully saturated rings. The van der Waals surface area contributed by atoms with Crippen molar-refractivity contribution in [3.8, 4) is 5.75 Å². The fourth-order valence-electron chi connectivity index (χ4n) is 4.64. The standard InChI is InChI=1S/C25H22N2O5/c28-22-14-16(15-26(22)17-6-2-1-3-7-17)25(31)32-19-12-10-18(11-13-19)27-23(29)20-8-4-5-9-21(20)24(27)30/h1-7,10-13,16,20-21H,8-9,14-15H2/t16-,20-,21-/m1/s1. The van der Waals surface area contributed by atoms with E-state index in [0.717, 1.165) is 5.69 Å². The highest BCUT2D eigenvalue weighted by Crippen LogP contribution is 2.38. The molecule has 2 aliphatic heterocycles. The lowest BCUT2D eigenvalue weighted by molar-refractivity contribution is -0.139. The number of carbonyl (C=O) groups is 4. The van der Waals surface area contributed by atoms with Crippen molar-refractivity contribution in [2.45, 2.75) is 19.3 Å². The summed E-state index contributed by atoms with van der Waals surface area (Å²) >= 11 is 0. The van der Waals surface area contributed by atoms with Crippen LogP contribution in [0.25, 0.3) is 0 Å². The van der Waals surface area contributed by atoms with Crippen molar-refractivity contribution in [1.29, 1.82) is 0 Å². The number of esters is 1. The maximum atomic E-state index is 12.7. The predicted octanol–water partition coefficient (Wildman–Crippen LogP) is 3.10. The number of fused-ring (bicyclic) bond motifs is 1. The molecule has 2 aromatic carbocycles. The Balaban J connectivity index is 1.25. The zero-order valence-corrected chi connectivity index (χ0v) is 17.3. The number of nitrogens with zero attached hydrogens (tertiary/aromatic N) is 2. The van der Waals surface area contributed by atoms with Crippen molar-refractivity contribution < 1.29 is 23.9 Å². The van der Waals surface area contributed by atoms with Crippen LogP contribution in [-0.2, 0) is 19.2 Å². The van der Waals surface area contributed by atoms with Crippen LogP contribution in [-0.4, -0.2) is 30.2 Å². The Morgan fingerprint density at radius 3 is 2.06 bits per heavy atom. The number of rotatable bonds is 4. The van der Waals surface area contributed by atoms with Crippen LogP contribution in [0.15, 0.2) is 66.7 Å². The predicted molar refractivity (Wildman–Crippen MR) is 117 cm³/mol. The van der Waals surface area contributed by atoms with Crippen molar-refractivity contribution in [2.75, 3.05) is 16.3 Å². The molecule has 0 bridgehead atoms. The lowest BCUT2D eigenvalue weighted by Gasteiger charge is -2.17. The van der Waals surface area contributed by atoms with Crippen LogP contribution < -0.4 is 14.5 Å². The average Bonchev–Trinajstić information content (AvgIpc) is 3.33. The van der Waals surface area contributed by atoms with Gasteiger partial charge in [-0.15, -0.1) is 0 Å². The van der Waals surface area contributed by atoms with Gasteiger partial charge in [-0.2, -0.15) is 0 Å². The van der Waals surface area contributed by atoms with Crippen molar-refractivity contribution in [3.63, 3.8) is 0 Å². The second kappa shape index (κ2) is 8.07. The molecule has 0 radical (unpaired) electrons. The Morgan fingerprint density at radius 1 is 0.812 bits per heavy atom. The fraction of sp³-hybridized carbons (Fsp3) is 0.280. The molecule has 0 saturated carbocycles. The highest BCUT2D eigenvalue weighted by Gasteiger charge is 2.47. The summed E-state index contributed by atoms with van der Waals surface area (Å²) in [6.45, 7) is 0.271. The Labute approximate surface area is 185 Å². The number of hydrogen-bond acceptors (Lipinski definition) is 5. The van der Waals surface area contributed by atoms with Gasteiger partial charge < -0.3 is 9.64 Å². The normalized spacial score (nSPS) is 24.8. The van der Waals surface area contributed by atoms with Crippen LogP contribution in [0.3, 0.4) is 0 Å². The maximum Gasteiger partial charge on any atom is 0.316 e. The van der Waals surface area contributed by atoms with E-state index < -0.39 is 11.9 Å². The number of para-hydroxylation sites is 1. The molecule has 2 saturated heterocycles. The first-order valence-electron chi connectivity index (χ1n) is 10.7. The first-order chi connectivity index (χ1) is 15.5. The summed E-state index contributed by atoms with van der Waals surface area (Å²) in [5.74, 6) is -1.79. The quantitative estimate of drug-likeness (QED) is 0.322. The number of imide groups is 1. The molecule has 3 atom stereocenters. The van der Waals surface area contributed by atoms with E-state index >= 15 is 0 Å². The molecule has 1 aliphatic carbocycles. The Bertz CT molecular complexity index is 1080. The number of allylic oxidation sites excluding steroid dienone is 2. The van der Waals surface area contributed by atoms with Crippen LogP contribution in [0.2, 0.25) is 0 Å². The maximum absolute atomic E-state index is 12.7. The van der Waals surface area contributed by atoms with Gasteiger partial charge in [0, 0.05) is 18.7 Å². The van der Waals surface area contributed by atoms with Gasteiger partial charge in [-0.25, -0.2) is 0 Å². The molecule has 0 aromatic heterocycles. The summed E-state index contributed by atoms with van der Waals surface area (Å²) in [5, 5.41) is 0. The van der Waals surface area contributed by atoms with E-state index in [1.807, 2.05) is 42.5 Å². The summed E-state index contributed by atoms with van der Waals surface area (Å²) in [6, 6.07) is 15.6. The number of benzene rings is 2. The smallest absolute Gasteiger partial charge is 0.316 e. The highest BCUT2D eigenvalue weighted by atomic mass is 16.5. The van der Waals surface area contributed by atoms with E-state index in [4.69, 9.17) is 4.74 Å². The molecule has 5 rings (SSSR count). The molecule has 7 nitrogen and oxygen atoms in total. The molecule has 2 aromatic rings. The molecule has 32 heavy (non-hydrogen) atoms. The Kier molecular flexibility index (Phi) is 5.09. The molecule has 0 spiro atoms. The third kappa shape index (κ3) is 3.49. The lowest BCUT2D eigenvalue weighted by Crippen LogP contribution is -2.30. The lowest BCUT2D eigenvalue weighted by atomic mass is 9.85. The van der Waals surface area contributed by atoms with Crippen LogP contribution in [0.4, 0.5) is 11.4 Å². The second-order valence-electron chi connectivity index (χ2n) is 8.32. The molecule has 3 amide bonds. The summed E-state index contributed by atoms with van der Waals surface area (Å²) in [4.78, 5) is 53.2. The largest absolute Gasteiger partial charge is 0.426 e. The Morgan fingerprint density at radius 2 is 1.44 bits per heavy atom. The molecule has 7 heteroatoms. The van der Waals surface area contributed by atoms with E-state index in [9.17, 15) is 19.2 Å². The van der Waals surface area contributed by atoms with Crippen molar-refractivity contribution in [3.05, 3.63) is 66.7 Å². The topological polar surface area (TPSA) is 84.0 Å². The van der Waals surface area contributed by atoms with Gasteiger partial charge in [-0.05, 0) is 49.2 Å². The molecule has 2 heterocycles. The minimum absolute atomic E-state index is 0.0966. The number of carbonyl (C=O) groups excluding carboxylic acids is 4. The number of hydrogen-bond donors (Lipinski definition) is 0. The van der Waals surface area contributed by atoms with Gasteiger partial charge in [0.05, 0.1) is 23.4 Å². The number of amides is 3. The highest BCUT2D eigenvalue weighted by molar-refractivity contribution is 6.22. The molecule has 3 aliphatic rings. The van der Waals surface area contributed by atoms with Gasteiger partial charge in [0.1, 0.15) is 5.75 Å². The number of anilines is 2. The third-order valence-corrected chi connectivity index (χ3v) is 6.35. The van der Waals surface area contributed by atoms with E-state index in [-0.39, 0.29) is 42.5 Å². The van der Waals surface area contributed by atoms with Crippen LogP contribution >= 0.6 is 0 Å². The van der Waals surface area contributed by atoms with E-state index in [2.05, 4.69) is 0 Å². The summed E-state index contributed by atoms with van der Waals surface area (Å²) in [7, 11) is 0. The van der Waals surface area contributed by atoms with Gasteiger partial charge in [-0.1, -0.05) is 30.4 Å². The second-order valence-corrected chi connectivity index (χ2v) is 8.32. The summed E-state index contributed by atoms with van der Waals surface area (Å²) in [6.07, 6.45) is 5.17. The van der Waals surface area contributed by atoms with Gasteiger partial charge in [0.15, 0.2) is 0 Å². The SMILES string of the molecule is O=C(Oc1ccc(N2C(=O)[C@@H]3CC=CC[C@H]3C2=O)cc1)[C@@H]1CC(=O)N(c2ccccc2)C1. The molecular formula is C25H22N2O5.